The summed E-state index contributed by atoms with van der Waals surface area (Å²) >= 11 is 0. The average Bonchev–Trinajstić information content (AvgIpc) is 2.51. The van der Waals surface area contributed by atoms with Crippen LogP contribution in [0.15, 0.2) is 24.3 Å². The molecule has 2 unspecified atom stereocenters. The van der Waals surface area contributed by atoms with E-state index in [0.717, 1.165) is 25.7 Å². The van der Waals surface area contributed by atoms with E-state index >= 15 is 0 Å². The van der Waals surface area contributed by atoms with Gasteiger partial charge in [-0.3, -0.25) is 4.79 Å². The zero-order chi connectivity index (χ0) is 14.5. The number of carbonyl (C=O) groups is 1. The van der Waals surface area contributed by atoms with Gasteiger partial charge in [-0.15, -0.1) is 0 Å². The fraction of sp³-hybridized carbons (Fsp3) is 0.588. The minimum Gasteiger partial charge on any atom is -0.339 e. The number of carbonyl (C=O) groups excluding carboxylic acids is 1. The van der Waals surface area contributed by atoms with Crippen LogP contribution in [0.25, 0.3) is 0 Å². The van der Waals surface area contributed by atoms with E-state index in [1.807, 2.05) is 11.9 Å². The highest BCUT2D eigenvalue weighted by atomic mass is 16.2. The van der Waals surface area contributed by atoms with Gasteiger partial charge in [0.2, 0.25) is 5.91 Å². The molecule has 1 aromatic rings. The summed E-state index contributed by atoms with van der Waals surface area (Å²) in [5.41, 5.74) is 8.44. The number of fused-ring (bicyclic) bond motifs is 1. The van der Waals surface area contributed by atoms with E-state index in [2.05, 4.69) is 31.2 Å². The Hall–Kier alpha value is -1.35. The smallest absolute Gasteiger partial charge is 0.223 e. The highest BCUT2D eigenvalue weighted by molar-refractivity contribution is 5.76. The van der Waals surface area contributed by atoms with E-state index in [1.165, 1.54) is 11.1 Å². The second kappa shape index (κ2) is 6.89. The second-order valence-corrected chi connectivity index (χ2v) is 5.83. The number of nitrogens with two attached hydrogens (primary N) is 1. The normalized spacial score (nSPS) is 19.2. The molecule has 3 nitrogen and oxygen atoms in total. The molecule has 0 aromatic heterocycles. The molecule has 0 fully saturated rings. The van der Waals surface area contributed by atoms with Crippen molar-refractivity contribution in [2.45, 2.75) is 45.1 Å². The Morgan fingerprint density at radius 3 is 2.90 bits per heavy atom. The first-order valence-electron chi connectivity index (χ1n) is 7.70. The average molecular weight is 274 g/mol. The monoisotopic (exact) mass is 274 g/mol. The molecule has 3 heteroatoms. The Bertz CT molecular complexity index is 454. The number of amides is 1. The summed E-state index contributed by atoms with van der Waals surface area (Å²) in [6.07, 6.45) is 4.90. The topological polar surface area (TPSA) is 46.3 Å². The van der Waals surface area contributed by atoms with Crippen LogP contribution in [-0.2, 0) is 11.2 Å². The van der Waals surface area contributed by atoms with Crippen molar-refractivity contribution in [3.8, 4) is 0 Å². The van der Waals surface area contributed by atoms with Gasteiger partial charge >= 0.3 is 0 Å². The predicted molar refractivity (Wildman–Crippen MR) is 82.3 cm³/mol. The quantitative estimate of drug-likeness (QED) is 0.897. The van der Waals surface area contributed by atoms with Gasteiger partial charge in [0.25, 0.3) is 0 Å². The number of rotatable bonds is 5. The van der Waals surface area contributed by atoms with Crippen LogP contribution in [0, 0.1) is 5.92 Å². The lowest BCUT2D eigenvalue weighted by molar-refractivity contribution is -0.133. The Morgan fingerprint density at radius 2 is 2.20 bits per heavy atom. The van der Waals surface area contributed by atoms with Gasteiger partial charge in [-0.05, 0) is 42.9 Å². The minimum atomic E-state index is 0.226. The maximum atomic E-state index is 12.5. The van der Waals surface area contributed by atoms with Crippen LogP contribution < -0.4 is 5.73 Å². The van der Waals surface area contributed by atoms with E-state index in [1.54, 1.807) is 0 Å². The number of nitrogens with zero attached hydrogens (tertiary/aromatic N) is 1. The van der Waals surface area contributed by atoms with Gasteiger partial charge < -0.3 is 10.6 Å². The van der Waals surface area contributed by atoms with E-state index in [4.69, 9.17) is 5.73 Å². The molecule has 0 saturated heterocycles. The number of aryl methyl sites for hydroxylation is 1. The van der Waals surface area contributed by atoms with E-state index in [9.17, 15) is 4.79 Å². The van der Waals surface area contributed by atoms with Crippen molar-refractivity contribution in [1.29, 1.82) is 0 Å². The molecular weight excluding hydrogens is 248 g/mol. The summed E-state index contributed by atoms with van der Waals surface area (Å²) in [7, 11) is 1.94. The van der Waals surface area contributed by atoms with Crippen LogP contribution in [0.2, 0.25) is 0 Å². The molecule has 0 aliphatic heterocycles. The van der Waals surface area contributed by atoms with Crippen molar-refractivity contribution in [2.24, 2.45) is 11.7 Å². The molecule has 0 spiro atoms. The number of hydrogen-bond donors (Lipinski definition) is 1. The van der Waals surface area contributed by atoms with Crippen LogP contribution in [-0.4, -0.2) is 24.4 Å². The van der Waals surface area contributed by atoms with Crippen LogP contribution >= 0.6 is 0 Å². The molecule has 0 radical (unpaired) electrons. The first kappa shape index (κ1) is 15.0. The van der Waals surface area contributed by atoms with Crippen LogP contribution in [0.3, 0.4) is 0 Å². The fourth-order valence-corrected chi connectivity index (χ4v) is 3.09. The Morgan fingerprint density at radius 1 is 1.45 bits per heavy atom. The van der Waals surface area contributed by atoms with E-state index in [-0.39, 0.29) is 11.9 Å². The minimum absolute atomic E-state index is 0.226. The molecule has 1 aromatic carbocycles. The van der Waals surface area contributed by atoms with Crippen molar-refractivity contribution in [2.75, 3.05) is 13.6 Å². The van der Waals surface area contributed by atoms with Crippen molar-refractivity contribution in [3.05, 3.63) is 35.4 Å². The molecule has 0 bridgehead atoms. The zero-order valence-corrected chi connectivity index (χ0v) is 12.6. The lowest BCUT2D eigenvalue weighted by atomic mass is 9.86. The van der Waals surface area contributed by atoms with Gasteiger partial charge in [0, 0.05) is 13.5 Å². The fourth-order valence-electron chi connectivity index (χ4n) is 3.09. The van der Waals surface area contributed by atoms with Crippen LogP contribution in [0.4, 0.5) is 0 Å². The molecule has 0 heterocycles. The SMILES string of the molecule is CCC(CN)CC(=O)N(C)C1CCCc2ccccc21. The predicted octanol–water partition coefficient (Wildman–Crippen LogP) is 2.90. The third kappa shape index (κ3) is 3.21. The molecular formula is C17H26N2O. The van der Waals surface area contributed by atoms with E-state index < -0.39 is 0 Å². The lowest BCUT2D eigenvalue weighted by Gasteiger charge is -2.34. The lowest BCUT2D eigenvalue weighted by Crippen LogP contribution is -2.35. The zero-order valence-electron chi connectivity index (χ0n) is 12.6. The summed E-state index contributed by atoms with van der Waals surface area (Å²) in [5.74, 6) is 0.535. The maximum Gasteiger partial charge on any atom is 0.223 e. The van der Waals surface area contributed by atoms with Gasteiger partial charge in [0.1, 0.15) is 0 Å². The van der Waals surface area contributed by atoms with Gasteiger partial charge in [-0.2, -0.15) is 0 Å². The van der Waals surface area contributed by atoms with Crippen LogP contribution in [0.1, 0.15) is 49.8 Å². The summed E-state index contributed by atoms with van der Waals surface area (Å²) in [5, 5.41) is 0. The van der Waals surface area contributed by atoms with Crippen molar-refractivity contribution in [3.63, 3.8) is 0 Å². The molecule has 2 N–H and O–H groups in total. The van der Waals surface area contributed by atoms with Gasteiger partial charge in [-0.1, -0.05) is 37.6 Å². The summed E-state index contributed by atoms with van der Waals surface area (Å²) in [4.78, 5) is 14.4. The van der Waals surface area contributed by atoms with Gasteiger partial charge in [0.15, 0.2) is 0 Å². The highest BCUT2D eigenvalue weighted by Gasteiger charge is 2.27. The molecule has 2 rings (SSSR count). The van der Waals surface area contributed by atoms with Crippen molar-refractivity contribution >= 4 is 5.91 Å². The first-order chi connectivity index (χ1) is 9.67. The molecule has 1 aliphatic rings. The molecule has 1 amide bonds. The first-order valence-corrected chi connectivity index (χ1v) is 7.70. The second-order valence-electron chi connectivity index (χ2n) is 5.83. The Balaban J connectivity index is 2.10. The molecule has 110 valence electrons. The molecule has 1 aliphatic carbocycles. The Labute approximate surface area is 122 Å². The number of benzene rings is 1. The summed E-state index contributed by atoms with van der Waals surface area (Å²) < 4.78 is 0. The highest BCUT2D eigenvalue weighted by Crippen LogP contribution is 2.33. The van der Waals surface area contributed by atoms with Crippen molar-refractivity contribution < 1.29 is 4.79 Å². The molecule has 20 heavy (non-hydrogen) atoms. The van der Waals surface area contributed by atoms with Gasteiger partial charge in [-0.25, -0.2) is 0 Å². The maximum absolute atomic E-state index is 12.5. The van der Waals surface area contributed by atoms with Crippen molar-refractivity contribution in [1.82, 2.24) is 4.90 Å². The Kier molecular flexibility index (Phi) is 5.18. The largest absolute Gasteiger partial charge is 0.339 e. The summed E-state index contributed by atoms with van der Waals surface area (Å²) in [6, 6.07) is 8.76. The number of hydrogen-bond acceptors (Lipinski definition) is 2. The summed E-state index contributed by atoms with van der Waals surface area (Å²) in [6.45, 7) is 2.69. The third-order valence-electron chi connectivity index (χ3n) is 4.57. The van der Waals surface area contributed by atoms with Gasteiger partial charge in [0.05, 0.1) is 6.04 Å². The molecule has 2 atom stereocenters. The van der Waals surface area contributed by atoms with Crippen LogP contribution in [0.5, 0.6) is 0 Å². The van der Waals surface area contributed by atoms with E-state index in [0.29, 0.717) is 18.9 Å². The molecule has 0 saturated carbocycles. The standard InChI is InChI=1S/C17H26N2O/c1-3-13(12-18)11-17(20)19(2)16-10-6-8-14-7-4-5-9-15(14)16/h4-5,7,9,13,16H,3,6,8,10-12,18H2,1-2H3. The third-order valence-corrected chi connectivity index (χ3v) is 4.57.